The molecule has 2 amide bonds. The van der Waals surface area contributed by atoms with E-state index in [1.165, 1.54) is 16.4 Å². The summed E-state index contributed by atoms with van der Waals surface area (Å²) < 4.78 is 38.1. The summed E-state index contributed by atoms with van der Waals surface area (Å²) in [4.78, 5) is 23.8. The molecule has 2 N–H and O–H groups in total. The largest absolute Gasteiger partial charge is 0.486 e. The van der Waals surface area contributed by atoms with Crippen LogP contribution in [0.25, 0.3) is 0 Å². The Balaban J connectivity index is 1.58. The Morgan fingerprint density at radius 3 is 2.46 bits per heavy atom. The van der Waals surface area contributed by atoms with Gasteiger partial charge in [-0.05, 0) is 31.9 Å². The van der Waals surface area contributed by atoms with E-state index >= 15 is 0 Å². The number of fused-ring (bicyclic) bond motifs is 1. The van der Waals surface area contributed by atoms with E-state index in [0.717, 1.165) is 0 Å². The van der Waals surface area contributed by atoms with Gasteiger partial charge in [-0.3, -0.25) is 9.59 Å². The number of carbonyl (C=O) groups excluding carboxylic acids is 2. The van der Waals surface area contributed by atoms with Gasteiger partial charge >= 0.3 is 0 Å². The summed E-state index contributed by atoms with van der Waals surface area (Å²) in [6.07, 6.45) is 0.815. The first-order valence-electron chi connectivity index (χ1n) is 9.36. The molecule has 1 aromatic rings. The Labute approximate surface area is 164 Å². The molecule has 10 heteroatoms. The number of benzene rings is 1. The molecule has 0 aliphatic carbocycles. The first-order chi connectivity index (χ1) is 13.4. The molecule has 0 atom stereocenters. The first-order valence-corrected chi connectivity index (χ1v) is 10.8. The molecule has 1 fully saturated rings. The third-order valence-electron chi connectivity index (χ3n) is 4.77. The zero-order chi connectivity index (χ0) is 20.1. The van der Waals surface area contributed by atoms with Crippen LogP contribution in [0.4, 0.5) is 0 Å². The topological polar surface area (TPSA) is 114 Å². The zero-order valence-electron chi connectivity index (χ0n) is 15.8. The van der Waals surface area contributed by atoms with Gasteiger partial charge in [-0.1, -0.05) is 0 Å². The third-order valence-corrected chi connectivity index (χ3v) is 6.67. The summed E-state index contributed by atoms with van der Waals surface area (Å²) in [7, 11) is -3.68. The highest BCUT2D eigenvalue weighted by Gasteiger charge is 2.32. The van der Waals surface area contributed by atoms with Gasteiger partial charge in [0.15, 0.2) is 11.5 Å². The summed E-state index contributed by atoms with van der Waals surface area (Å²) in [5, 5.41) is 5.22. The Bertz CT molecular complexity index is 834. The van der Waals surface area contributed by atoms with Crippen LogP contribution in [-0.2, 0) is 19.6 Å². The van der Waals surface area contributed by atoms with Crippen LogP contribution in [0.5, 0.6) is 11.5 Å². The normalized spacial score (nSPS) is 17.8. The number of nitrogens with zero attached hydrogens (tertiary/aromatic N) is 1. The second-order valence-electron chi connectivity index (χ2n) is 6.66. The molecule has 9 nitrogen and oxygen atoms in total. The van der Waals surface area contributed by atoms with E-state index in [4.69, 9.17) is 9.47 Å². The molecular weight excluding hydrogens is 386 g/mol. The molecule has 0 spiro atoms. The van der Waals surface area contributed by atoms with E-state index in [1.54, 1.807) is 13.0 Å². The van der Waals surface area contributed by atoms with Crippen molar-refractivity contribution in [3.63, 3.8) is 0 Å². The summed E-state index contributed by atoms with van der Waals surface area (Å²) >= 11 is 0. The molecule has 0 saturated carbocycles. The van der Waals surface area contributed by atoms with Gasteiger partial charge in [0.1, 0.15) is 13.2 Å². The van der Waals surface area contributed by atoms with Crippen molar-refractivity contribution in [1.82, 2.24) is 14.9 Å². The maximum absolute atomic E-state index is 12.9. The molecular formula is C18H25N3O6S. The highest BCUT2D eigenvalue weighted by molar-refractivity contribution is 7.89. The summed E-state index contributed by atoms with van der Waals surface area (Å²) in [5.41, 5.74) is 0. The number of carbonyl (C=O) groups is 2. The maximum Gasteiger partial charge on any atom is 0.243 e. The predicted molar refractivity (Wildman–Crippen MR) is 101 cm³/mol. The standard InChI is InChI=1S/C18H25N3O6S/c1-2-19-17(22)12-20-18(23)13-5-7-21(8-6-13)28(24,25)14-3-4-15-16(11-14)27-10-9-26-15/h3-4,11,13H,2,5-10,12H2,1H3,(H,19,22)(H,20,23). The van der Waals surface area contributed by atoms with E-state index < -0.39 is 10.0 Å². The minimum atomic E-state index is -3.68. The molecule has 2 aliphatic rings. The third kappa shape index (κ3) is 4.56. The fraction of sp³-hybridized carbons (Fsp3) is 0.556. The number of nitrogens with one attached hydrogen (secondary N) is 2. The lowest BCUT2D eigenvalue weighted by Crippen LogP contribution is -2.45. The minimum Gasteiger partial charge on any atom is -0.486 e. The lowest BCUT2D eigenvalue weighted by atomic mass is 9.97. The van der Waals surface area contributed by atoms with Crippen molar-refractivity contribution in [3.05, 3.63) is 18.2 Å². The Kier molecular flexibility index (Phi) is 6.40. The Morgan fingerprint density at radius 1 is 1.11 bits per heavy atom. The lowest BCUT2D eigenvalue weighted by Gasteiger charge is -2.30. The number of ether oxygens (including phenoxy) is 2. The van der Waals surface area contributed by atoms with Gasteiger partial charge in [-0.2, -0.15) is 4.31 Å². The summed E-state index contributed by atoms with van der Waals surface area (Å²) in [6, 6.07) is 4.59. The smallest absolute Gasteiger partial charge is 0.243 e. The van der Waals surface area contributed by atoms with Crippen LogP contribution in [0.3, 0.4) is 0 Å². The molecule has 2 aliphatic heterocycles. The van der Waals surface area contributed by atoms with Crippen molar-refractivity contribution in [1.29, 1.82) is 0 Å². The van der Waals surface area contributed by atoms with Crippen molar-refractivity contribution in [2.24, 2.45) is 5.92 Å². The first kappa shape index (κ1) is 20.4. The van der Waals surface area contributed by atoms with Crippen LogP contribution >= 0.6 is 0 Å². The molecule has 0 radical (unpaired) electrons. The highest BCUT2D eigenvalue weighted by Crippen LogP contribution is 2.34. The molecule has 0 bridgehead atoms. The van der Waals surface area contributed by atoms with E-state index in [9.17, 15) is 18.0 Å². The van der Waals surface area contributed by atoms with E-state index in [-0.39, 0.29) is 42.3 Å². The van der Waals surface area contributed by atoms with Gasteiger partial charge in [0.25, 0.3) is 0 Å². The van der Waals surface area contributed by atoms with E-state index in [2.05, 4.69) is 10.6 Å². The van der Waals surface area contributed by atoms with Crippen LogP contribution in [-0.4, -0.2) is 63.9 Å². The summed E-state index contributed by atoms with van der Waals surface area (Å²) in [5.74, 6) is 0.192. The molecule has 1 aromatic carbocycles. The second-order valence-corrected chi connectivity index (χ2v) is 8.59. The van der Waals surface area contributed by atoms with E-state index in [0.29, 0.717) is 44.1 Å². The van der Waals surface area contributed by atoms with Gasteiger partial charge < -0.3 is 20.1 Å². The van der Waals surface area contributed by atoms with Crippen LogP contribution < -0.4 is 20.1 Å². The van der Waals surface area contributed by atoms with Crippen molar-refractivity contribution in [3.8, 4) is 11.5 Å². The number of hydrogen-bond donors (Lipinski definition) is 2. The van der Waals surface area contributed by atoms with Crippen molar-refractivity contribution in [2.75, 3.05) is 39.4 Å². The number of sulfonamides is 1. The van der Waals surface area contributed by atoms with Crippen LogP contribution in [0.1, 0.15) is 19.8 Å². The second kappa shape index (κ2) is 8.78. The molecule has 3 rings (SSSR count). The highest BCUT2D eigenvalue weighted by atomic mass is 32.2. The lowest BCUT2D eigenvalue weighted by molar-refractivity contribution is -0.129. The molecule has 28 heavy (non-hydrogen) atoms. The molecule has 0 unspecified atom stereocenters. The monoisotopic (exact) mass is 411 g/mol. The van der Waals surface area contributed by atoms with Crippen molar-refractivity contribution >= 4 is 21.8 Å². The van der Waals surface area contributed by atoms with Gasteiger partial charge in [-0.15, -0.1) is 0 Å². The Morgan fingerprint density at radius 2 is 1.79 bits per heavy atom. The minimum absolute atomic E-state index is 0.0671. The zero-order valence-corrected chi connectivity index (χ0v) is 16.6. The predicted octanol–water partition coefficient (Wildman–Crippen LogP) is 0.111. The number of amides is 2. The van der Waals surface area contributed by atoms with Crippen molar-refractivity contribution < 1.29 is 27.5 Å². The van der Waals surface area contributed by atoms with E-state index in [1.807, 2.05) is 0 Å². The quantitative estimate of drug-likeness (QED) is 0.687. The average molecular weight is 411 g/mol. The average Bonchev–Trinajstić information content (AvgIpc) is 2.72. The fourth-order valence-electron chi connectivity index (χ4n) is 3.26. The van der Waals surface area contributed by atoms with Gasteiger partial charge in [0, 0.05) is 31.6 Å². The fourth-order valence-corrected chi connectivity index (χ4v) is 4.75. The molecule has 0 aromatic heterocycles. The van der Waals surface area contributed by atoms with Crippen LogP contribution in [0.2, 0.25) is 0 Å². The molecule has 154 valence electrons. The van der Waals surface area contributed by atoms with Crippen LogP contribution in [0, 0.1) is 5.92 Å². The van der Waals surface area contributed by atoms with Gasteiger partial charge in [-0.25, -0.2) is 8.42 Å². The molecule has 2 heterocycles. The maximum atomic E-state index is 12.9. The van der Waals surface area contributed by atoms with Gasteiger partial charge in [0.2, 0.25) is 21.8 Å². The summed E-state index contributed by atoms with van der Waals surface area (Å²) in [6.45, 7) is 3.55. The van der Waals surface area contributed by atoms with Gasteiger partial charge in [0.05, 0.1) is 11.4 Å². The number of rotatable bonds is 6. The number of hydrogen-bond acceptors (Lipinski definition) is 6. The number of likely N-dealkylation sites (N-methyl/N-ethyl adjacent to an activating group) is 1. The van der Waals surface area contributed by atoms with Crippen molar-refractivity contribution in [2.45, 2.75) is 24.7 Å². The molecule has 1 saturated heterocycles. The SMILES string of the molecule is CCNC(=O)CNC(=O)C1CCN(S(=O)(=O)c2ccc3c(c2)OCCO3)CC1. The Hall–Kier alpha value is -2.33. The number of piperidine rings is 1. The van der Waals surface area contributed by atoms with Crippen LogP contribution in [0.15, 0.2) is 23.1 Å².